The van der Waals surface area contributed by atoms with Gasteiger partial charge in [-0.3, -0.25) is 4.90 Å². The van der Waals surface area contributed by atoms with Crippen LogP contribution in [0.4, 0.5) is 0 Å². The normalized spacial score (nSPS) is 21.6. The van der Waals surface area contributed by atoms with Gasteiger partial charge in [-0.15, -0.1) is 0 Å². The molecule has 2 rings (SSSR count). The van der Waals surface area contributed by atoms with Gasteiger partial charge in [0.05, 0.1) is 0 Å². The van der Waals surface area contributed by atoms with Gasteiger partial charge in [0.2, 0.25) is 0 Å². The predicted octanol–water partition coefficient (Wildman–Crippen LogP) is 0.981. The van der Waals surface area contributed by atoms with Crippen molar-refractivity contribution in [2.75, 3.05) is 26.2 Å². The molecular weight excluding hydrogens is 162 g/mol. The van der Waals surface area contributed by atoms with Crippen molar-refractivity contribution in [2.24, 2.45) is 0 Å². The molecule has 1 atom stereocenters. The minimum atomic E-state index is 0.525. The number of hydrogen-bond acceptors (Lipinski definition) is 2. The smallest absolute Gasteiger partial charge is 0.0471 e. The molecule has 1 aromatic rings. The summed E-state index contributed by atoms with van der Waals surface area (Å²) >= 11 is 0. The maximum atomic E-state index is 3.36. The van der Waals surface area contributed by atoms with E-state index in [0.29, 0.717) is 6.04 Å². The molecule has 1 aromatic heterocycles. The highest BCUT2D eigenvalue weighted by molar-refractivity contribution is 5.08. The van der Waals surface area contributed by atoms with Gasteiger partial charge in [-0.2, -0.15) is 0 Å². The van der Waals surface area contributed by atoms with E-state index in [1.165, 1.54) is 5.69 Å². The highest BCUT2D eigenvalue weighted by Gasteiger charge is 2.17. The van der Waals surface area contributed by atoms with Crippen LogP contribution in [-0.4, -0.2) is 36.1 Å². The number of aromatic amines is 1. The van der Waals surface area contributed by atoms with E-state index in [2.05, 4.69) is 34.3 Å². The summed E-state index contributed by atoms with van der Waals surface area (Å²) in [6.45, 7) is 6.80. The molecule has 0 spiro atoms. The summed E-state index contributed by atoms with van der Waals surface area (Å²) in [4.78, 5) is 5.77. The van der Waals surface area contributed by atoms with Crippen molar-refractivity contribution in [1.29, 1.82) is 0 Å². The van der Waals surface area contributed by atoms with Gasteiger partial charge in [0.15, 0.2) is 0 Å². The van der Waals surface area contributed by atoms with Gasteiger partial charge in [0, 0.05) is 44.1 Å². The highest BCUT2D eigenvalue weighted by atomic mass is 15.2. The first-order valence-corrected chi connectivity index (χ1v) is 4.96. The minimum Gasteiger partial charge on any atom is -0.364 e. The minimum absolute atomic E-state index is 0.525. The molecule has 0 bridgehead atoms. The van der Waals surface area contributed by atoms with Crippen molar-refractivity contribution in [1.82, 2.24) is 15.2 Å². The summed E-state index contributed by atoms with van der Waals surface area (Å²) in [5.74, 6) is 0. The molecule has 3 nitrogen and oxygen atoms in total. The Hall–Kier alpha value is -0.800. The fourth-order valence-corrected chi connectivity index (χ4v) is 1.87. The molecule has 0 saturated carbocycles. The molecule has 1 aliphatic heterocycles. The monoisotopic (exact) mass is 179 g/mol. The molecule has 1 aliphatic rings. The molecule has 72 valence electrons. The van der Waals surface area contributed by atoms with Gasteiger partial charge in [-0.1, -0.05) is 0 Å². The number of rotatable bonds is 2. The van der Waals surface area contributed by atoms with E-state index in [4.69, 9.17) is 0 Å². The lowest BCUT2D eigenvalue weighted by atomic mass is 10.2. The third kappa shape index (κ3) is 1.92. The highest BCUT2D eigenvalue weighted by Crippen LogP contribution is 2.17. The maximum absolute atomic E-state index is 3.36. The van der Waals surface area contributed by atoms with E-state index in [-0.39, 0.29) is 0 Å². The van der Waals surface area contributed by atoms with Crippen molar-refractivity contribution < 1.29 is 0 Å². The molecule has 0 unspecified atom stereocenters. The molecule has 1 saturated heterocycles. The summed E-state index contributed by atoms with van der Waals surface area (Å²) in [6.07, 6.45) is 1.99. The fourth-order valence-electron chi connectivity index (χ4n) is 1.87. The molecule has 3 heteroatoms. The Balaban J connectivity index is 1.99. The molecule has 0 amide bonds. The van der Waals surface area contributed by atoms with Crippen LogP contribution in [0.25, 0.3) is 0 Å². The second kappa shape index (κ2) is 3.94. The first-order chi connectivity index (χ1) is 6.38. The Labute approximate surface area is 79.1 Å². The summed E-state index contributed by atoms with van der Waals surface area (Å²) < 4.78 is 0. The largest absolute Gasteiger partial charge is 0.364 e. The predicted molar refractivity (Wildman–Crippen MR) is 53.7 cm³/mol. The van der Waals surface area contributed by atoms with Gasteiger partial charge in [0.25, 0.3) is 0 Å². The zero-order chi connectivity index (χ0) is 9.10. The van der Waals surface area contributed by atoms with E-state index in [0.717, 1.165) is 26.2 Å². The van der Waals surface area contributed by atoms with Gasteiger partial charge < -0.3 is 10.3 Å². The lowest BCUT2D eigenvalue weighted by Crippen LogP contribution is -2.44. The first kappa shape index (κ1) is 8.78. The molecule has 2 heterocycles. The van der Waals surface area contributed by atoms with Gasteiger partial charge in [-0.25, -0.2) is 0 Å². The van der Waals surface area contributed by atoms with Crippen molar-refractivity contribution >= 4 is 0 Å². The van der Waals surface area contributed by atoms with Crippen molar-refractivity contribution in [3.8, 4) is 0 Å². The fraction of sp³-hybridized carbons (Fsp3) is 0.600. The zero-order valence-corrected chi connectivity index (χ0v) is 8.09. The maximum Gasteiger partial charge on any atom is 0.0471 e. The average molecular weight is 179 g/mol. The number of piperazine rings is 1. The molecule has 13 heavy (non-hydrogen) atoms. The van der Waals surface area contributed by atoms with Crippen LogP contribution in [-0.2, 0) is 0 Å². The Kier molecular flexibility index (Phi) is 2.66. The van der Waals surface area contributed by atoms with Crippen LogP contribution in [0.3, 0.4) is 0 Å². The van der Waals surface area contributed by atoms with Crippen LogP contribution >= 0.6 is 0 Å². The topological polar surface area (TPSA) is 31.1 Å². The number of nitrogens with zero attached hydrogens (tertiary/aromatic N) is 1. The molecular formula is C10H17N3. The van der Waals surface area contributed by atoms with E-state index >= 15 is 0 Å². The van der Waals surface area contributed by atoms with Crippen LogP contribution in [0, 0.1) is 0 Å². The van der Waals surface area contributed by atoms with Crippen LogP contribution < -0.4 is 5.32 Å². The number of hydrogen-bond donors (Lipinski definition) is 2. The van der Waals surface area contributed by atoms with E-state index in [1.807, 2.05) is 6.20 Å². The number of nitrogens with one attached hydrogen (secondary N) is 2. The zero-order valence-electron chi connectivity index (χ0n) is 8.09. The van der Waals surface area contributed by atoms with E-state index < -0.39 is 0 Å². The van der Waals surface area contributed by atoms with Gasteiger partial charge in [0.1, 0.15) is 0 Å². The van der Waals surface area contributed by atoms with Gasteiger partial charge in [-0.05, 0) is 19.1 Å². The molecule has 0 aliphatic carbocycles. The Bertz CT molecular complexity index is 237. The van der Waals surface area contributed by atoms with Crippen LogP contribution in [0.15, 0.2) is 18.3 Å². The summed E-state index contributed by atoms with van der Waals surface area (Å²) in [7, 11) is 0. The molecule has 1 fully saturated rings. The lowest BCUT2D eigenvalue weighted by molar-refractivity contribution is 0.183. The second-order valence-electron chi connectivity index (χ2n) is 3.59. The Morgan fingerprint density at radius 3 is 2.77 bits per heavy atom. The van der Waals surface area contributed by atoms with Gasteiger partial charge >= 0.3 is 0 Å². The summed E-state index contributed by atoms with van der Waals surface area (Å²) in [6, 6.07) is 4.75. The van der Waals surface area contributed by atoms with Crippen LogP contribution in [0.1, 0.15) is 18.7 Å². The summed E-state index contributed by atoms with van der Waals surface area (Å²) in [5, 5.41) is 3.36. The molecule has 0 aromatic carbocycles. The van der Waals surface area contributed by atoms with E-state index in [1.54, 1.807) is 0 Å². The third-order valence-corrected chi connectivity index (χ3v) is 2.77. The molecule has 2 N–H and O–H groups in total. The van der Waals surface area contributed by atoms with E-state index in [9.17, 15) is 0 Å². The average Bonchev–Trinajstić information content (AvgIpc) is 2.71. The number of aromatic nitrogens is 1. The van der Waals surface area contributed by atoms with Crippen LogP contribution in [0.2, 0.25) is 0 Å². The van der Waals surface area contributed by atoms with Crippen molar-refractivity contribution in [3.63, 3.8) is 0 Å². The lowest BCUT2D eigenvalue weighted by Gasteiger charge is -2.32. The standard InChI is InChI=1S/C10H17N3/c1-9(10-3-2-4-12-10)13-7-5-11-6-8-13/h2-4,9,11-12H,5-8H2,1H3/t9-/m0/s1. The third-order valence-electron chi connectivity index (χ3n) is 2.77. The molecule has 0 radical (unpaired) electrons. The SMILES string of the molecule is C[C@@H](c1ccc[nH]1)N1CCNCC1. The second-order valence-corrected chi connectivity index (χ2v) is 3.59. The van der Waals surface area contributed by atoms with Crippen molar-refractivity contribution in [3.05, 3.63) is 24.0 Å². The Morgan fingerprint density at radius 2 is 2.15 bits per heavy atom. The quantitative estimate of drug-likeness (QED) is 0.709. The first-order valence-electron chi connectivity index (χ1n) is 4.96. The van der Waals surface area contributed by atoms with Crippen molar-refractivity contribution in [2.45, 2.75) is 13.0 Å². The Morgan fingerprint density at radius 1 is 1.38 bits per heavy atom. The van der Waals surface area contributed by atoms with Crippen LogP contribution in [0.5, 0.6) is 0 Å². The number of H-pyrrole nitrogens is 1. The summed E-state index contributed by atoms with van der Waals surface area (Å²) in [5.41, 5.74) is 1.32.